The molecule has 3 aromatic carbocycles. The third-order valence-corrected chi connectivity index (χ3v) is 6.17. The molecule has 0 aliphatic rings. The molecule has 0 spiro atoms. The van der Waals surface area contributed by atoms with Crippen LogP contribution in [0.3, 0.4) is 0 Å². The number of amides is 1. The molecule has 4 aromatic rings. The van der Waals surface area contributed by atoms with E-state index in [1.807, 2.05) is 42.5 Å². The van der Waals surface area contributed by atoms with Crippen molar-refractivity contribution in [2.24, 2.45) is 0 Å². The number of methoxy groups -OCH3 is 1. The Labute approximate surface area is 205 Å². The van der Waals surface area contributed by atoms with E-state index in [9.17, 15) is 22.4 Å². The van der Waals surface area contributed by atoms with E-state index >= 15 is 0 Å². The van der Waals surface area contributed by atoms with Crippen molar-refractivity contribution in [2.75, 3.05) is 7.11 Å². The zero-order valence-corrected chi connectivity index (χ0v) is 19.7. The third kappa shape index (κ3) is 5.17. The molecule has 0 unspecified atom stereocenters. The lowest BCUT2D eigenvalue weighted by atomic mass is 9.93. The van der Waals surface area contributed by atoms with E-state index in [1.54, 1.807) is 26.4 Å². The molecule has 0 saturated heterocycles. The molecule has 1 N–H and O–H groups in total. The molecular formula is C28H24F4N2O2. The Morgan fingerprint density at radius 3 is 2.56 bits per heavy atom. The number of aromatic nitrogens is 1. The van der Waals surface area contributed by atoms with E-state index in [0.29, 0.717) is 12.5 Å². The second-order valence-electron chi connectivity index (χ2n) is 8.34. The topological polar surface area (TPSA) is 51.2 Å². The number of alkyl halides is 3. The highest BCUT2D eigenvalue weighted by Gasteiger charge is 2.34. The van der Waals surface area contributed by atoms with Gasteiger partial charge in [-0.1, -0.05) is 37.3 Å². The zero-order valence-electron chi connectivity index (χ0n) is 19.7. The zero-order chi connectivity index (χ0) is 25.9. The molecule has 4 nitrogen and oxygen atoms in total. The highest BCUT2D eigenvalue weighted by Crippen LogP contribution is 2.34. The summed E-state index contributed by atoms with van der Waals surface area (Å²) in [5.41, 5.74) is 1.62. The van der Waals surface area contributed by atoms with Crippen molar-refractivity contribution in [1.82, 2.24) is 10.3 Å². The molecule has 1 heterocycles. The Hall–Kier alpha value is -3.94. The largest absolute Gasteiger partial charge is 0.497 e. The molecule has 36 heavy (non-hydrogen) atoms. The van der Waals surface area contributed by atoms with Gasteiger partial charge in [0.25, 0.3) is 0 Å². The lowest BCUT2D eigenvalue weighted by Gasteiger charge is -2.18. The Kier molecular flexibility index (Phi) is 7.24. The fourth-order valence-corrected chi connectivity index (χ4v) is 4.30. The van der Waals surface area contributed by atoms with Crippen LogP contribution in [0.25, 0.3) is 21.9 Å². The molecule has 0 aliphatic carbocycles. The number of nitrogens with one attached hydrogen (secondary N) is 1. The minimum absolute atomic E-state index is 0.180. The van der Waals surface area contributed by atoms with Gasteiger partial charge < -0.3 is 10.1 Å². The summed E-state index contributed by atoms with van der Waals surface area (Å²) in [5, 5.41) is 4.65. The van der Waals surface area contributed by atoms with Crippen molar-refractivity contribution in [1.29, 1.82) is 0 Å². The maximum atomic E-state index is 14.1. The number of nitrogens with zero attached hydrogens (tertiary/aromatic N) is 1. The van der Waals surface area contributed by atoms with Crippen LogP contribution in [0.1, 0.15) is 36.0 Å². The fourth-order valence-electron chi connectivity index (χ4n) is 4.30. The summed E-state index contributed by atoms with van der Waals surface area (Å²) in [6, 6.07) is 16.1. The first kappa shape index (κ1) is 25.2. The van der Waals surface area contributed by atoms with Crippen molar-refractivity contribution in [2.45, 2.75) is 32.0 Å². The summed E-state index contributed by atoms with van der Waals surface area (Å²) in [6.07, 6.45) is -1.07. The highest BCUT2D eigenvalue weighted by molar-refractivity contribution is 5.98. The van der Waals surface area contributed by atoms with Gasteiger partial charge in [0.15, 0.2) is 0 Å². The number of fused-ring (bicyclic) bond motifs is 1. The number of ether oxygens (including phenoxy) is 1. The van der Waals surface area contributed by atoms with Gasteiger partial charge in [0.1, 0.15) is 11.6 Å². The van der Waals surface area contributed by atoms with Crippen molar-refractivity contribution < 1.29 is 27.1 Å². The van der Waals surface area contributed by atoms with E-state index in [1.165, 1.54) is 0 Å². The monoisotopic (exact) mass is 496 g/mol. The predicted molar refractivity (Wildman–Crippen MR) is 130 cm³/mol. The molecule has 0 bridgehead atoms. The van der Waals surface area contributed by atoms with Crippen molar-refractivity contribution in [3.8, 4) is 16.9 Å². The highest BCUT2D eigenvalue weighted by atomic mass is 19.4. The average Bonchev–Trinajstić information content (AvgIpc) is 2.87. The second-order valence-corrected chi connectivity index (χ2v) is 8.34. The van der Waals surface area contributed by atoms with Gasteiger partial charge in [0.2, 0.25) is 5.91 Å². The lowest BCUT2D eigenvalue weighted by molar-refractivity contribution is -0.140. The quantitative estimate of drug-likeness (QED) is 0.284. The van der Waals surface area contributed by atoms with Crippen LogP contribution in [0, 0.1) is 5.82 Å². The summed E-state index contributed by atoms with van der Waals surface area (Å²) in [4.78, 5) is 17.2. The first-order chi connectivity index (χ1) is 17.2. The van der Waals surface area contributed by atoms with E-state index in [0.717, 1.165) is 45.3 Å². The van der Waals surface area contributed by atoms with Crippen molar-refractivity contribution in [3.05, 3.63) is 95.6 Å². The van der Waals surface area contributed by atoms with Gasteiger partial charge in [-0.25, -0.2) is 4.39 Å². The molecule has 4 rings (SSSR count). The van der Waals surface area contributed by atoms with Gasteiger partial charge in [0.05, 0.1) is 18.6 Å². The molecular weight excluding hydrogens is 472 g/mol. The first-order valence-electron chi connectivity index (χ1n) is 11.4. The molecule has 8 heteroatoms. The van der Waals surface area contributed by atoms with Gasteiger partial charge in [-0.3, -0.25) is 9.78 Å². The molecule has 0 radical (unpaired) electrons. The van der Waals surface area contributed by atoms with Crippen LogP contribution in [-0.4, -0.2) is 18.0 Å². The number of halogens is 4. The summed E-state index contributed by atoms with van der Waals surface area (Å²) in [7, 11) is 1.61. The standard InChI is InChI=1S/C28H24F4N2O2/c1-3-21(18-8-10-25(26(29)14-18)28(30,31)32)27(35)34-15-19-7-9-22(23-11-12-33-16-24(19)23)17-5-4-6-20(13-17)36-2/h4-14,16,21H,3,15H2,1-2H3,(H,34,35)/t21-/m1/s1. The maximum Gasteiger partial charge on any atom is 0.419 e. The van der Waals surface area contributed by atoms with E-state index < -0.39 is 29.4 Å². The molecule has 0 aliphatic heterocycles. The van der Waals surface area contributed by atoms with Gasteiger partial charge >= 0.3 is 6.18 Å². The molecule has 1 aromatic heterocycles. The van der Waals surface area contributed by atoms with Gasteiger partial charge in [-0.05, 0) is 64.4 Å². The average molecular weight is 497 g/mol. The molecule has 1 amide bonds. The summed E-state index contributed by atoms with van der Waals surface area (Å²) >= 11 is 0. The molecule has 1 atom stereocenters. The van der Waals surface area contributed by atoms with Gasteiger partial charge in [-0.2, -0.15) is 13.2 Å². The molecule has 0 fully saturated rings. The Morgan fingerprint density at radius 2 is 1.86 bits per heavy atom. The van der Waals surface area contributed by atoms with Crippen LogP contribution in [-0.2, 0) is 17.5 Å². The smallest absolute Gasteiger partial charge is 0.419 e. The van der Waals surface area contributed by atoms with E-state index in [-0.39, 0.29) is 12.1 Å². The number of carbonyl (C=O) groups is 1. The van der Waals surface area contributed by atoms with Crippen LogP contribution < -0.4 is 10.1 Å². The van der Waals surface area contributed by atoms with E-state index in [2.05, 4.69) is 10.3 Å². The summed E-state index contributed by atoms with van der Waals surface area (Å²) in [5.74, 6) is -1.85. The molecule has 0 saturated carbocycles. The Morgan fingerprint density at radius 1 is 1.06 bits per heavy atom. The predicted octanol–water partition coefficient (Wildman–Crippen LogP) is 6.88. The van der Waals surface area contributed by atoms with Crippen LogP contribution in [0.4, 0.5) is 17.6 Å². The summed E-state index contributed by atoms with van der Waals surface area (Å²) < 4.78 is 58.1. The number of hydrogen-bond donors (Lipinski definition) is 1. The van der Waals surface area contributed by atoms with Gasteiger partial charge in [-0.15, -0.1) is 0 Å². The van der Waals surface area contributed by atoms with Crippen LogP contribution >= 0.6 is 0 Å². The van der Waals surface area contributed by atoms with Crippen LogP contribution in [0.2, 0.25) is 0 Å². The van der Waals surface area contributed by atoms with Crippen molar-refractivity contribution >= 4 is 16.7 Å². The maximum absolute atomic E-state index is 14.1. The van der Waals surface area contributed by atoms with Gasteiger partial charge in [0, 0.05) is 24.3 Å². The normalized spacial score (nSPS) is 12.4. The number of carbonyl (C=O) groups excluding carboxylic acids is 1. The fraction of sp³-hybridized carbons (Fsp3) is 0.214. The van der Waals surface area contributed by atoms with E-state index in [4.69, 9.17) is 4.74 Å². The lowest BCUT2D eigenvalue weighted by Crippen LogP contribution is -2.29. The minimum atomic E-state index is -4.79. The number of rotatable bonds is 7. The Balaban J connectivity index is 1.58. The second kappa shape index (κ2) is 10.4. The third-order valence-electron chi connectivity index (χ3n) is 6.17. The first-order valence-corrected chi connectivity index (χ1v) is 11.4. The number of pyridine rings is 1. The number of benzene rings is 3. The van der Waals surface area contributed by atoms with Crippen molar-refractivity contribution in [3.63, 3.8) is 0 Å². The molecule has 186 valence electrons. The summed E-state index contributed by atoms with van der Waals surface area (Å²) in [6.45, 7) is 1.90. The SMILES string of the molecule is CC[C@@H](C(=O)NCc1ccc(-c2cccc(OC)c2)c2ccncc12)c1ccc(C(F)(F)F)c(F)c1. The number of hydrogen-bond acceptors (Lipinski definition) is 3. The van der Waals surface area contributed by atoms with Crippen LogP contribution in [0.15, 0.2) is 73.1 Å². The Bertz CT molecular complexity index is 1400. The minimum Gasteiger partial charge on any atom is -0.497 e. The van der Waals surface area contributed by atoms with Crippen LogP contribution in [0.5, 0.6) is 5.75 Å².